The van der Waals surface area contributed by atoms with Crippen LogP contribution in [0, 0.1) is 0 Å². The van der Waals surface area contributed by atoms with E-state index in [9.17, 15) is 4.79 Å². The highest BCUT2D eigenvalue weighted by Gasteiger charge is 2.29. The van der Waals surface area contributed by atoms with Crippen LogP contribution in [-0.4, -0.2) is 38.7 Å². The summed E-state index contributed by atoms with van der Waals surface area (Å²) in [4.78, 5) is 15.6. The van der Waals surface area contributed by atoms with Crippen LogP contribution in [-0.2, 0) is 4.74 Å². The highest BCUT2D eigenvalue weighted by Crippen LogP contribution is 2.36. The normalized spacial score (nSPS) is 19.1. The Morgan fingerprint density at radius 2 is 2.12 bits per heavy atom. The lowest BCUT2D eigenvalue weighted by molar-refractivity contribution is 0.175. The van der Waals surface area contributed by atoms with Crippen LogP contribution in [0.3, 0.4) is 0 Å². The van der Waals surface area contributed by atoms with Gasteiger partial charge in [-0.3, -0.25) is 4.90 Å². The maximum atomic E-state index is 11.7. The van der Waals surface area contributed by atoms with Crippen molar-refractivity contribution < 1.29 is 9.53 Å². The van der Waals surface area contributed by atoms with E-state index in [0.29, 0.717) is 12.6 Å². The summed E-state index contributed by atoms with van der Waals surface area (Å²) in [6.07, 6.45) is 0.647. The molecule has 92 valence electrons. The van der Waals surface area contributed by atoms with E-state index >= 15 is 0 Å². The molecule has 1 aromatic rings. The topological polar surface area (TPSA) is 32.8 Å². The number of rotatable bonds is 1. The number of carbonyl (C=O) groups excluding carboxylic acids is 1. The summed E-state index contributed by atoms with van der Waals surface area (Å²) in [6, 6.07) is 8.38. The molecular weight excluding hydrogens is 216 g/mol. The zero-order valence-electron chi connectivity index (χ0n) is 10.5. The van der Waals surface area contributed by atoms with Crippen molar-refractivity contribution in [2.45, 2.75) is 12.5 Å². The van der Waals surface area contributed by atoms with Crippen LogP contribution in [0.4, 0.5) is 10.5 Å². The highest BCUT2D eigenvalue weighted by atomic mass is 16.5. The van der Waals surface area contributed by atoms with Crippen molar-refractivity contribution in [2.24, 2.45) is 0 Å². The second kappa shape index (κ2) is 4.75. The van der Waals surface area contributed by atoms with Crippen LogP contribution in [0.25, 0.3) is 0 Å². The maximum absolute atomic E-state index is 11.7. The molecule has 2 rings (SSSR count). The number of nitrogens with zero attached hydrogens (tertiary/aromatic N) is 2. The molecule has 1 aliphatic rings. The van der Waals surface area contributed by atoms with E-state index in [1.54, 1.807) is 4.90 Å². The molecule has 4 heteroatoms. The zero-order chi connectivity index (χ0) is 12.4. The van der Waals surface area contributed by atoms with E-state index < -0.39 is 0 Å². The number of amides is 1. The molecule has 1 aliphatic heterocycles. The number of hydrogen-bond acceptors (Lipinski definition) is 3. The van der Waals surface area contributed by atoms with E-state index in [2.05, 4.69) is 25.1 Å². The average Bonchev–Trinajstić information content (AvgIpc) is 2.36. The Morgan fingerprint density at radius 3 is 2.76 bits per heavy atom. The first-order chi connectivity index (χ1) is 8.15. The summed E-state index contributed by atoms with van der Waals surface area (Å²) < 4.78 is 4.82. The van der Waals surface area contributed by atoms with Crippen molar-refractivity contribution in [3.63, 3.8) is 0 Å². The van der Waals surface area contributed by atoms with Crippen LogP contribution < -0.4 is 4.90 Å². The van der Waals surface area contributed by atoms with Crippen LogP contribution in [0.5, 0.6) is 0 Å². The Hall–Kier alpha value is -1.55. The Bertz CT molecular complexity index is 418. The van der Waals surface area contributed by atoms with Gasteiger partial charge in [-0.05, 0) is 32.1 Å². The monoisotopic (exact) mass is 234 g/mol. The van der Waals surface area contributed by atoms with Crippen molar-refractivity contribution >= 4 is 11.8 Å². The molecule has 0 saturated carbocycles. The van der Waals surface area contributed by atoms with E-state index in [4.69, 9.17) is 4.74 Å². The van der Waals surface area contributed by atoms with Gasteiger partial charge in [0.2, 0.25) is 0 Å². The Balaban J connectivity index is 2.40. The van der Waals surface area contributed by atoms with Gasteiger partial charge in [0.25, 0.3) is 0 Å². The molecule has 1 aromatic carbocycles. The lowest BCUT2D eigenvalue weighted by Crippen LogP contribution is -2.39. The van der Waals surface area contributed by atoms with Crippen molar-refractivity contribution in [1.82, 2.24) is 4.90 Å². The minimum Gasteiger partial charge on any atom is -0.452 e. The predicted octanol–water partition coefficient (Wildman–Crippen LogP) is 2.27. The van der Waals surface area contributed by atoms with Crippen molar-refractivity contribution in [2.75, 3.05) is 32.6 Å². The summed E-state index contributed by atoms with van der Waals surface area (Å²) in [7, 11) is 5.55. The molecule has 0 fully saturated rings. The molecule has 0 bridgehead atoms. The number of para-hydroxylation sites is 1. The second-order valence-corrected chi connectivity index (χ2v) is 4.45. The third-order valence-electron chi connectivity index (χ3n) is 3.23. The fourth-order valence-electron chi connectivity index (χ4n) is 2.38. The van der Waals surface area contributed by atoms with Gasteiger partial charge in [-0.2, -0.15) is 0 Å². The molecule has 17 heavy (non-hydrogen) atoms. The zero-order valence-corrected chi connectivity index (χ0v) is 10.5. The number of fused-ring (bicyclic) bond motifs is 1. The van der Waals surface area contributed by atoms with Crippen LogP contribution in [0.2, 0.25) is 0 Å². The molecule has 0 aromatic heterocycles. The molecule has 0 N–H and O–H groups in total. The first-order valence-electron chi connectivity index (χ1n) is 5.76. The number of anilines is 1. The van der Waals surface area contributed by atoms with Gasteiger partial charge in [-0.1, -0.05) is 18.2 Å². The van der Waals surface area contributed by atoms with Gasteiger partial charge in [0.05, 0.1) is 12.8 Å². The molecule has 0 aliphatic carbocycles. The number of carbonyl (C=O) groups is 1. The Kier molecular flexibility index (Phi) is 3.33. The van der Waals surface area contributed by atoms with Gasteiger partial charge < -0.3 is 9.64 Å². The molecule has 1 atom stereocenters. The number of ether oxygens (including phenoxy) is 1. The quantitative estimate of drug-likeness (QED) is 0.747. The molecule has 0 radical (unpaired) electrons. The predicted molar refractivity (Wildman–Crippen MR) is 67.2 cm³/mol. The van der Waals surface area contributed by atoms with E-state index in [1.807, 2.05) is 18.2 Å². The van der Waals surface area contributed by atoms with Gasteiger partial charge in [-0.15, -0.1) is 0 Å². The molecule has 0 spiro atoms. The molecular formula is C13H18N2O2. The van der Waals surface area contributed by atoms with Crippen LogP contribution in [0.1, 0.15) is 18.0 Å². The first kappa shape index (κ1) is 11.9. The van der Waals surface area contributed by atoms with Gasteiger partial charge in [0.1, 0.15) is 0 Å². The fourth-order valence-corrected chi connectivity index (χ4v) is 2.38. The van der Waals surface area contributed by atoms with Crippen molar-refractivity contribution in [1.29, 1.82) is 0 Å². The van der Waals surface area contributed by atoms with E-state index in [-0.39, 0.29) is 6.09 Å². The molecule has 4 nitrogen and oxygen atoms in total. The Labute approximate surface area is 102 Å². The minimum atomic E-state index is -0.283. The summed E-state index contributed by atoms with van der Waals surface area (Å²) in [5.41, 5.74) is 2.15. The van der Waals surface area contributed by atoms with Crippen LogP contribution in [0.15, 0.2) is 24.3 Å². The molecule has 0 saturated heterocycles. The largest absolute Gasteiger partial charge is 0.452 e. The van der Waals surface area contributed by atoms with Gasteiger partial charge in [-0.25, -0.2) is 4.79 Å². The number of benzene rings is 1. The van der Waals surface area contributed by atoms with E-state index in [0.717, 1.165) is 12.1 Å². The van der Waals surface area contributed by atoms with Crippen molar-refractivity contribution in [3.05, 3.63) is 29.8 Å². The van der Waals surface area contributed by atoms with Crippen LogP contribution >= 0.6 is 0 Å². The third kappa shape index (κ3) is 2.13. The first-order valence-corrected chi connectivity index (χ1v) is 5.76. The SMILES string of the molecule is COC(=O)N1CCC(N(C)C)c2ccccc21. The smallest absolute Gasteiger partial charge is 0.414 e. The van der Waals surface area contributed by atoms with Gasteiger partial charge >= 0.3 is 6.09 Å². The second-order valence-electron chi connectivity index (χ2n) is 4.45. The standard InChI is InChI=1S/C13H18N2O2/c1-14(2)11-8-9-15(13(16)17-3)12-7-5-4-6-10(11)12/h4-7,11H,8-9H2,1-3H3. The Morgan fingerprint density at radius 1 is 1.41 bits per heavy atom. The average molecular weight is 234 g/mol. The highest BCUT2D eigenvalue weighted by molar-refractivity contribution is 5.89. The summed E-state index contributed by atoms with van der Waals surface area (Å²) in [5, 5.41) is 0. The molecule has 1 heterocycles. The maximum Gasteiger partial charge on any atom is 0.414 e. The summed E-state index contributed by atoms with van der Waals surface area (Å²) in [6.45, 7) is 0.701. The third-order valence-corrected chi connectivity index (χ3v) is 3.23. The van der Waals surface area contributed by atoms with Gasteiger partial charge in [0.15, 0.2) is 0 Å². The van der Waals surface area contributed by atoms with E-state index in [1.165, 1.54) is 12.7 Å². The van der Waals surface area contributed by atoms with Crippen molar-refractivity contribution in [3.8, 4) is 0 Å². The fraction of sp³-hybridized carbons (Fsp3) is 0.462. The molecule has 1 amide bonds. The minimum absolute atomic E-state index is 0.283. The summed E-state index contributed by atoms with van der Waals surface area (Å²) in [5.74, 6) is 0. The molecule has 1 unspecified atom stereocenters. The summed E-state index contributed by atoms with van der Waals surface area (Å²) >= 11 is 0. The number of methoxy groups -OCH3 is 1. The lowest BCUT2D eigenvalue weighted by Gasteiger charge is -2.36. The lowest BCUT2D eigenvalue weighted by atomic mass is 9.96. The van der Waals surface area contributed by atoms with Gasteiger partial charge in [0, 0.05) is 12.6 Å². The number of hydrogen-bond donors (Lipinski definition) is 0.